The fraction of sp³-hybridized carbons (Fsp3) is 0.833. The Morgan fingerprint density at radius 1 is 1.11 bits per heavy atom. The predicted octanol–water partition coefficient (Wildman–Crippen LogP) is 4.41. The van der Waals surface area contributed by atoms with E-state index in [9.17, 15) is 9.59 Å². The van der Waals surface area contributed by atoms with Gasteiger partial charge in [-0.3, -0.25) is 9.59 Å². The lowest BCUT2D eigenvalue weighted by atomic mass is 9.46. The highest BCUT2D eigenvalue weighted by molar-refractivity contribution is 5.79. The molecule has 4 aliphatic rings. The van der Waals surface area contributed by atoms with Crippen molar-refractivity contribution in [2.45, 2.75) is 91.2 Å². The van der Waals surface area contributed by atoms with E-state index in [1.54, 1.807) is 13.8 Å². The van der Waals surface area contributed by atoms with Crippen LogP contribution in [-0.2, 0) is 14.3 Å². The molecule has 0 aromatic heterocycles. The molecule has 8 atom stereocenters. The Bertz CT molecular complexity index is 698. The van der Waals surface area contributed by atoms with Crippen LogP contribution in [0.3, 0.4) is 0 Å². The molecule has 0 aromatic rings. The van der Waals surface area contributed by atoms with Crippen LogP contribution < -0.4 is 5.73 Å². The second-order valence-corrected chi connectivity index (χ2v) is 10.6. The summed E-state index contributed by atoms with van der Waals surface area (Å²) in [6, 6.07) is -0.560. The summed E-state index contributed by atoms with van der Waals surface area (Å²) >= 11 is 0. The molecule has 0 spiro atoms. The van der Waals surface area contributed by atoms with Crippen molar-refractivity contribution in [2.75, 3.05) is 0 Å². The Morgan fingerprint density at radius 2 is 1.86 bits per heavy atom. The molecule has 3 fully saturated rings. The van der Waals surface area contributed by atoms with Gasteiger partial charge in [0, 0.05) is 5.92 Å². The van der Waals surface area contributed by atoms with Crippen molar-refractivity contribution in [1.29, 1.82) is 0 Å². The van der Waals surface area contributed by atoms with Gasteiger partial charge >= 0.3 is 5.97 Å². The molecule has 0 radical (unpaired) electrons. The Morgan fingerprint density at radius 3 is 2.54 bits per heavy atom. The maximum atomic E-state index is 12.3. The average Bonchev–Trinajstić information content (AvgIpc) is 2.99. The lowest BCUT2D eigenvalue weighted by Crippen LogP contribution is -2.51. The first-order valence-electron chi connectivity index (χ1n) is 11.3. The van der Waals surface area contributed by atoms with E-state index in [0.717, 1.165) is 31.6 Å². The topological polar surface area (TPSA) is 69.4 Å². The maximum absolute atomic E-state index is 12.3. The van der Waals surface area contributed by atoms with Crippen molar-refractivity contribution >= 4 is 11.8 Å². The molecule has 2 N–H and O–H groups in total. The number of nitrogens with two attached hydrogens (primary N) is 1. The molecule has 0 saturated heterocycles. The van der Waals surface area contributed by atoms with Crippen LogP contribution in [0.25, 0.3) is 0 Å². The minimum Gasteiger partial charge on any atom is -0.457 e. The molecule has 28 heavy (non-hydrogen) atoms. The summed E-state index contributed by atoms with van der Waals surface area (Å²) in [7, 11) is 0. The number of ether oxygens (including phenoxy) is 1. The zero-order chi connectivity index (χ0) is 20.3. The van der Waals surface area contributed by atoms with Gasteiger partial charge in [0.15, 0.2) is 0 Å². The monoisotopic (exact) mass is 387 g/mol. The summed E-state index contributed by atoms with van der Waals surface area (Å²) in [6.07, 6.45) is 11.2. The van der Waals surface area contributed by atoms with Gasteiger partial charge in [0.1, 0.15) is 17.9 Å². The number of carbonyl (C=O) groups excluding carboxylic acids is 2. The van der Waals surface area contributed by atoms with Gasteiger partial charge in [-0.25, -0.2) is 0 Å². The van der Waals surface area contributed by atoms with Gasteiger partial charge in [0.25, 0.3) is 0 Å². The molecule has 0 bridgehead atoms. The summed E-state index contributed by atoms with van der Waals surface area (Å²) < 4.78 is 5.63. The summed E-state index contributed by atoms with van der Waals surface area (Å²) in [5, 5.41) is 0. The Balaban J connectivity index is 1.55. The number of hydrogen-bond acceptors (Lipinski definition) is 4. The third-order valence-electron chi connectivity index (χ3n) is 9.20. The molecular weight excluding hydrogens is 350 g/mol. The lowest BCUT2D eigenvalue weighted by Gasteiger charge is -2.58. The van der Waals surface area contributed by atoms with Crippen LogP contribution in [0, 0.1) is 34.5 Å². The van der Waals surface area contributed by atoms with E-state index < -0.39 is 6.04 Å². The number of allylic oxidation sites excluding steroid dienone is 1. The van der Waals surface area contributed by atoms with E-state index in [1.807, 2.05) is 0 Å². The van der Waals surface area contributed by atoms with Crippen molar-refractivity contribution in [1.82, 2.24) is 0 Å². The Labute approximate surface area is 169 Å². The predicted molar refractivity (Wildman–Crippen MR) is 109 cm³/mol. The Kier molecular flexibility index (Phi) is 5.01. The number of esters is 1. The molecule has 0 aromatic carbocycles. The molecule has 4 rings (SSSR count). The van der Waals surface area contributed by atoms with Crippen LogP contribution in [0.15, 0.2) is 11.6 Å². The van der Waals surface area contributed by atoms with Gasteiger partial charge in [0.2, 0.25) is 0 Å². The number of carbonyl (C=O) groups is 2. The fourth-order valence-corrected chi connectivity index (χ4v) is 7.71. The number of ketones is 1. The molecule has 156 valence electrons. The molecule has 0 aliphatic heterocycles. The van der Waals surface area contributed by atoms with E-state index in [4.69, 9.17) is 10.5 Å². The second kappa shape index (κ2) is 6.97. The molecule has 4 nitrogen and oxygen atoms in total. The minimum atomic E-state index is -0.560. The van der Waals surface area contributed by atoms with Crippen molar-refractivity contribution in [3.63, 3.8) is 0 Å². The van der Waals surface area contributed by atoms with Crippen LogP contribution in [-0.4, -0.2) is 23.9 Å². The number of rotatable bonds is 3. The van der Waals surface area contributed by atoms with Crippen molar-refractivity contribution in [3.8, 4) is 0 Å². The molecule has 4 heteroatoms. The molecule has 0 amide bonds. The van der Waals surface area contributed by atoms with Crippen LogP contribution in [0.4, 0.5) is 0 Å². The average molecular weight is 388 g/mol. The normalized spacial score (nSPS) is 45.9. The van der Waals surface area contributed by atoms with Crippen LogP contribution >= 0.6 is 0 Å². The second-order valence-electron chi connectivity index (χ2n) is 10.6. The molecule has 3 unspecified atom stereocenters. The van der Waals surface area contributed by atoms with Crippen molar-refractivity contribution in [3.05, 3.63) is 11.6 Å². The van der Waals surface area contributed by atoms with Crippen molar-refractivity contribution < 1.29 is 14.3 Å². The smallest absolute Gasteiger partial charge is 0.323 e. The Hall–Kier alpha value is -1.16. The van der Waals surface area contributed by atoms with Gasteiger partial charge in [-0.1, -0.05) is 19.4 Å². The standard InChI is InChI=1S/C24H37NO3/c1-14(25)22(27)28-17-9-11-23(3)16(13-17)5-6-18-20-8-7-19(15(2)26)24(20,4)12-10-21(18)23/h13-14,17-21H,5-12,25H2,1-4H3/t14-,17-,18?,19+,20?,21?,23-,24+/m0/s1. The van der Waals surface area contributed by atoms with Crippen LogP contribution in [0.5, 0.6) is 0 Å². The van der Waals surface area contributed by atoms with Gasteiger partial charge in [-0.05, 0) is 99.9 Å². The fourth-order valence-electron chi connectivity index (χ4n) is 7.71. The number of Topliss-reactive ketones (excluding diaryl/α,β-unsaturated/α-hetero) is 1. The summed E-state index contributed by atoms with van der Waals surface area (Å²) in [5.41, 5.74) is 7.63. The van der Waals surface area contributed by atoms with Gasteiger partial charge in [-0.2, -0.15) is 0 Å². The maximum Gasteiger partial charge on any atom is 0.323 e. The highest BCUT2D eigenvalue weighted by Crippen LogP contribution is 2.66. The third-order valence-corrected chi connectivity index (χ3v) is 9.20. The van der Waals surface area contributed by atoms with Gasteiger partial charge < -0.3 is 10.5 Å². The summed E-state index contributed by atoms with van der Waals surface area (Å²) in [4.78, 5) is 24.2. The first-order valence-corrected chi connectivity index (χ1v) is 11.3. The van der Waals surface area contributed by atoms with Crippen LogP contribution in [0.2, 0.25) is 0 Å². The highest BCUT2D eigenvalue weighted by atomic mass is 16.5. The van der Waals surface area contributed by atoms with E-state index in [2.05, 4.69) is 19.9 Å². The number of fused-ring (bicyclic) bond motifs is 5. The van der Waals surface area contributed by atoms with Gasteiger partial charge in [0.05, 0.1) is 0 Å². The number of hydrogen-bond donors (Lipinski definition) is 1. The SMILES string of the molecule is CC(=O)[C@H]1CCC2C3CCC4=C[C@@H](OC(=O)[C@H](C)N)CC[C@]4(C)C3CC[C@@]21C. The first kappa shape index (κ1) is 20.1. The van der Waals surface area contributed by atoms with E-state index >= 15 is 0 Å². The highest BCUT2D eigenvalue weighted by Gasteiger charge is 2.59. The zero-order valence-corrected chi connectivity index (χ0v) is 18.0. The largest absolute Gasteiger partial charge is 0.457 e. The molecule has 3 saturated carbocycles. The van der Waals surface area contributed by atoms with E-state index in [1.165, 1.54) is 31.3 Å². The summed E-state index contributed by atoms with van der Waals surface area (Å²) in [6.45, 7) is 8.35. The molecule has 0 heterocycles. The quantitative estimate of drug-likeness (QED) is 0.575. The molecule has 4 aliphatic carbocycles. The van der Waals surface area contributed by atoms with E-state index in [0.29, 0.717) is 17.6 Å². The minimum absolute atomic E-state index is 0.111. The van der Waals surface area contributed by atoms with E-state index in [-0.39, 0.29) is 28.8 Å². The third kappa shape index (κ3) is 2.98. The van der Waals surface area contributed by atoms with Gasteiger partial charge in [-0.15, -0.1) is 0 Å². The molecular formula is C24H37NO3. The summed E-state index contributed by atoms with van der Waals surface area (Å²) in [5.74, 6) is 2.54. The zero-order valence-electron chi connectivity index (χ0n) is 18.0. The lowest BCUT2D eigenvalue weighted by molar-refractivity contribution is -0.149. The first-order chi connectivity index (χ1) is 13.2. The van der Waals surface area contributed by atoms with Crippen LogP contribution in [0.1, 0.15) is 79.1 Å². The van der Waals surface area contributed by atoms with Crippen molar-refractivity contribution in [2.24, 2.45) is 40.2 Å².